The first-order valence-electron chi connectivity index (χ1n) is 8.15. The maximum atomic E-state index is 11.8. The summed E-state index contributed by atoms with van der Waals surface area (Å²) in [6.07, 6.45) is 1.10. The van der Waals surface area contributed by atoms with Gasteiger partial charge in [0.05, 0.1) is 18.7 Å². The molecule has 1 N–H and O–H groups in total. The van der Waals surface area contributed by atoms with Crippen LogP contribution in [0.15, 0.2) is 23.6 Å². The van der Waals surface area contributed by atoms with Crippen LogP contribution in [0.1, 0.15) is 12.0 Å². The Morgan fingerprint density at radius 3 is 2.83 bits per heavy atom. The van der Waals surface area contributed by atoms with Crippen molar-refractivity contribution >= 4 is 22.4 Å². The summed E-state index contributed by atoms with van der Waals surface area (Å²) < 4.78 is 4.92. The van der Waals surface area contributed by atoms with Crippen molar-refractivity contribution in [2.45, 2.75) is 13.3 Å². The zero-order chi connectivity index (χ0) is 16.8. The number of aromatic nitrogens is 1. The number of fused-ring (bicyclic) bond motifs is 2. The standard InChI is InChI=1S/C18H20N2O3S/c1-10-3-4-15(21)13(5-10)14-9-24-18(19-14)20-7-11-6-12(8-20)16(11)17(22)23-2/h3-5,9,11-12,16,21H,6-8H2,1-2H3. The van der Waals surface area contributed by atoms with E-state index in [9.17, 15) is 9.90 Å². The first-order valence-corrected chi connectivity index (χ1v) is 9.03. The molecular weight excluding hydrogens is 324 g/mol. The number of ether oxygens (including phenoxy) is 1. The number of anilines is 1. The molecule has 0 spiro atoms. The van der Waals surface area contributed by atoms with Gasteiger partial charge in [-0.1, -0.05) is 11.6 Å². The van der Waals surface area contributed by atoms with Gasteiger partial charge in [0.2, 0.25) is 0 Å². The van der Waals surface area contributed by atoms with Crippen LogP contribution >= 0.6 is 11.3 Å². The minimum absolute atomic E-state index is 0.0616. The van der Waals surface area contributed by atoms with E-state index in [-0.39, 0.29) is 17.6 Å². The second kappa shape index (κ2) is 5.77. The normalized spacial score (nSPS) is 25.2. The highest BCUT2D eigenvalue weighted by molar-refractivity contribution is 7.14. The van der Waals surface area contributed by atoms with Crippen LogP contribution in [0.2, 0.25) is 0 Å². The van der Waals surface area contributed by atoms with E-state index in [2.05, 4.69) is 4.90 Å². The number of carbonyl (C=O) groups is 1. The number of hydrogen-bond donors (Lipinski definition) is 1. The molecule has 2 bridgehead atoms. The van der Waals surface area contributed by atoms with Crippen molar-refractivity contribution in [3.63, 3.8) is 0 Å². The number of nitrogens with zero attached hydrogens (tertiary/aromatic N) is 2. The van der Waals surface area contributed by atoms with Gasteiger partial charge in [-0.05, 0) is 37.3 Å². The molecule has 1 aromatic heterocycles. The molecule has 0 radical (unpaired) electrons. The summed E-state index contributed by atoms with van der Waals surface area (Å²) in [7, 11) is 1.47. The third-order valence-corrected chi connectivity index (χ3v) is 6.10. The molecule has 2 aliphatic heterocycles. The van der Waals surface area contributed by atoms with E-state index in [1.807, 2.05) is 24.4 Å². The van der Waals surface area contributed by atoms with Crippen LogP contribution in [-0.4, -0.2) is 36.3 Å². The lowest BCUT2D eigenvalue weighted by Crippen LogP contribution is -2.58. The lowest BCUT2D eigenvalue weighted by molar-refractivity contribution is -0.157. The minimum atomic E-state index is -0.0691. The number of rotatable bonds is 3. The number of thiazole rings is 1. The maximum Gasteiger partial charge on any atom is 0.309 e. The van der Waals surface area contributed by atoms with Crippen LogP contribution in [0.3, 0.4) is 0 Å². The number of aryl methyl sites for hydroxylation is 1. The summed E-state index contributed by atoms with van der Waals surface area (Å²) in [4.78, 5) is 18.8. The topological polar surface area (TPSA) is 62.7 Å². The number of benzene rings is 1. The summed E-state index contributed by atoms with van der Waals surface area (Å²) in [5.41, 5.74) is 2.67. The van der Waals surface area contributed by atoms with Crippen molar-refractivity contribution in [3.8, 4) is 17.0 Å². The molecule has 3 fully saturated rings. The largest absolute Gasteiger partial charge is 0.507 e. The van der Waals surface area contributed by atoms with Crippen LogP contribution in [0, 0.1) is 24.7 Å². The second-order valence-electron chi connectivity index (χ2n) is 6.75. The smallest absolute Gasteiger partial charge is 0.309 e. The van der Waals surface area contributed by atoms with Crippen molar-refractivity contribution in [2.75, 3.05) is 25.1 Å². The number of hydrogen-bond acceptors (Lipinski definition) is 6. The SMILES string of the molecule is COC(=O)C1C2CC1CN(c1nc(-c3cc(C)ccc3O)cs1)C2. The van der Waals surface area contributed by atoms with Crippen molar-refractivity contribution < 1.29 is 14.6 Å². The van der Waals surface area contributed by atoms with E-state index >= 15 is 0 Å². The molecule has 2 unspecified atom stereocenters. The molecular formula is C18H20N2O3S. The Balaban J connectivity index is 1.53. The molecule has 3 heterocycles. The van der Waals surface area contributed by atoms with Crippen molar-refractivity contribution in [3.05, 3.63) is 29.1 Å². The zero-order valence-corrected chi connectivity index (χ0v) is 14.5. The van der Waals surface area contributed by atoms with Gasteiger partial charge in [-0.2, -0.15) is 0 Å². The van der Waals surface area contributed by atoms with Gasteiger partial charge in [0.1, 0.15) is 5.75 Å². The molecule has 2 saturated heterocycles. The maximum absolute atomic E-state index is 11.8. The van der Waals surface area contributed by atoms with E-state index in [1.54, 1.807) is 17.4 Å². The minimum Gasteiger partial charge on any atom is -0.507 e. The monoisotopic (exact) mass is 344 g/mol. The predicted octanol–water partition coefficient (Wildman–Crippen LogP) is 3.07. The predicted molar refractivity (Wildman–Crippen MR) is 93.3 cm³/mol. The van der Waals surface area contributed by atoms with E-state index < -0.39 is 0 Å². The van der Waals surface area contributed by atoms with Gasteiger partial charge in [-0.3, -0.25) is 4.79 Å². The third-order valence-electron chi connectivity index (χ3n) is 5.19. The van der Waals surface area contributed by atoms with Gasteiger partial charge in [-0.15, -0.1) is 11.3 Å². The average molecular weight is 344 g/mol. The molecule has 5 nitrogen and oxygen atoms in total. The number of methoxy groups -OCH3 is 1. The van der Waals surface area contributed by atoms with E-state index in [0.29, 0.717) is 11.8 Å². The van der Waals surface area contributed by atoms with Crippen molar-refractivity contribution in [1.29, 1.82) is 0 Å². The average Bonchev–Trinajstić information content (AvgIpc) is 3.07. The molecule has 2 aromatic rings. The van der Waals surface area contributed by atoms with Gasteiger partial charge in [0.25, 0.3) is 0 Å². The van der Waals surface area contributed by atoms with Gasteiger partial charge >= 0.3 is 5.97 Å². The Morgan fingerprint density at radius 2 is 2.12 bits per heavy atom. The Bertz CT molecular complexity index is 776. The van der Waals surface area contributed by atoms with Gasteiger partial charge in [0.15, 0.2) is 5.13 Å². The summed E-state index contributed by atoms with van der Waals surface area (Å²) >= 11 is 1.59. The number of carbonyl (C=O) groups excluding carboxylic acids is 1. The van der Waals surface area contributed by atoms with E-state index in [4.69, 9.17) is 9.72 Å². The number of aromatic hydroxyl groups is 1. The first kappa shape index (κ1) is 15.4. The zero-order valence-electron chi connectivity index (χ0n) is 13.7. The highest BCUT2D eigenvalue weighted by atomic mass is 32.1. The second-order valence-corrected chi connectivity index (χ2v) is 7.58. The first-order chi connectivity index (χ1) is 11.6. The summed E-state index contributed by atoms with van der Waals surface area (Å²) in [6, 6.07) is 5.55. The van der Waals surface area contributed by atoms with Gasteiger partial charge in [-0.25, -0.2) is 4.98 Å². The number of esters is 1. The number of piperidine rings is 2. The molecule has 24 heavy (non-hydrogen) atoms. The van der Waals surface area contributed by atoms with Crippen LogP contribution in [-0.2, 0) is 9.53 Å². The van der Waals surface area contributed by atoms with Crippen LogP contribution < -0.4 is 4.90 Å². The van der Waals surface area contributed by atoms with Gasteiger partial charge < -0.3 is 14.7 Å². The molecule has 3 aliphatic rings. The molecule has 0 amide bonds. The summed E-state index contributed by atoms with van der Waals surface area (Å²) in [5.74, 6) is 0.989. The Hall–Kier alpha value is -2.08. The molecule has 1 aromatic carbocycles. The number of phenolic OH excluding ortho intramolecular Hbond substituents is 1. The van der Waals surface area contributed by atoms with Crippen molar-refractivity contribution in [1.82, 2.24) is 4.98 Å². The Labute approximate surface area is 144 Å². The molecule has 6 heteroatoms. The van der Waals surface area contributed by atoms with Crippen LogP contribution in [0.25, 0.3) is 11.3 Å². The third kappa shape index (κ3) is 2.45. The summed E-state index contributed by atoms with van der Waals surface area (Å²) in [6.45, 7) is 3.70. The van der Waals surface area contributed by atoms with Crippen LogP contribution in [0.4, 0.5) is 5.13 Å². The lowest BCUT2D eigenvalue weighted by atomic mass is 9.61. The highest BCUT2D eigenvalue weighted by Crippen LogP contribution is 2.47. The molecule has 1 aliphatic carbocycles. The van der Waals surface area contributed by atoms with Crippen molar-refractivity contribution in [2.24, 2.45) is 17.8 Å². The van der Waals surface area contributed by atoms with E-state index in [1.165, 1.54) is 7.11 Å². The van der Waals surface area contributed by atoms with Gasteiger partial charge in [0, 0.05) is 24.0 Å². The number of phenols is 1. The lowest BCUT2D eigenvalue weighted by Gasteiger charge is -2.51. The van der Waals surface area contributed by atoms with Crippen LogP contribution in [0.5, 0.6) is 5.75 Å². The fourth-order valence-corrected chi connectivity index (χ4v) is 4.80. The van der Waals surface area contributed by atoms with E-state index in [0.717, 1.165) is 41.5 Å². The Kier molecular flexibility index (Phi) is 3.72. The molecule has 126 valence electrons. The molecule has 1 saturated carbocycles. The highest BCUT2D eigenvalue weighted by Gasteiger charge is 2.51. The summed E-state index contributed by atoms with van der Waals surface area (Å²) in [5, 5.41) is 13.0. The molecule has 2 atom stereocenters. The quantitative estimate of drug-likeness (QED) is 0.867. The Morgan fingerprint density at radius 1 is 1.38 bits per heavy atom. The fraction of sp³-hybridized carbons (Fsp3) is 0.444. The molecule has 5 rings (SSSR count). The fourth-order valence-electron chi connectivity index (χ4n) is 3.95.